The summed E-state index contributed by atoms with van der Waals surface area (Å²) in [5, 5.41) is 4.79. The second-order valence-electron chi connectivity index (χ2n) is 6.58. The van der Waals surface area contributed by atoms with E-state index in [9.17, 15) is 0 Å². The number of furan rings is 1. The summed E-state index contributed by atoms with van der Waals surface area (Å²) in [7, 11) is 0. The topological polar surface area (TPSA) is 25.2 Å². The van der Waals surface area contributed by atoms with Gasteiger partial charge >= 0.3 is 0 Å². The molecule has 0 aliphatic heterocycles. The van der Waals surface area contributed by atoms with Crippen LogP contribution < -0.4 is 5.32 Å². The van der Waals surface area contributed by atoms with Crippen molar-refractivity contribution in [2.24, 2.45) is 11.8 Å². The Morgan fingerprint density at radius 3 is 2.50 bits per heavy atom. The lowest BCUT2D eigenvalue weighted by molar-refractivity contribution is 0.476. The summed E-state index contributed by atoms with van der Waals surface area (Å²) in [5.74, 6) is 2.42. The van der Waals surface area contributed by atoms with Gasteiger partial charge in [-0.25, -0.2) is 0 Å². The van der Waals surface area contributed by atoms with Gasteiger partial charge in [0, 0.05) is 10.9 Å². The first-order chi connectivity index (χ1) is 9.49. The number of nitrogens with one attached hydrogen (secondary N) is 1. The summed E-state index contributed by atoms with van der Waals surface area (Å²) in [6, 6.07) is 6.44. The average molecular weight is 273 g/mol. The number of rotatable bonds is 6. The highest BCUT2D eigenvalue weighted by Gasteiger charge is 2.16. The standard InChI is InChI=1S/C18H27NO/c1-12(2)9-16-15-8-6-7-14(5)18(15)20-17(16)11-19-10-13(3)4/h6-8,12-13,19H,9-11H2,1-5H3. The molecule has 0 unspecified atom stereocenters. The lowest BCUT2D eigenvalue weighted by Gasteiger charge is -2.09. The van der Waals surface area contributed by atoms with E-state index in [0.717, 1.165) is 30.9 Å². The summed E-state index contributed by atoms with van der Waals surface area (Å²) in [6.07, 6.45) is 1.08. The van der Waals surface area contributed by atoms with Crippen molar-refractivity contribution in [1.29, 1.82) is 0 Å². The summed E-state index contributed by atoms with van der Waals surface area (Å²) in [4.78, 5) is 0. The van der Waals surface area contributed by atoms with E-state index in [4.69, 9.17) is 4.42 Å². The second-order valence-corrected chi connectivity index (χ2v) is 6.58. The normalized spacial score (nSPS) is 11.9. The van der Waals surface area contributed by atoms with Gasteiger partial charge < -0.3 is 9.73 Å². The van der Waals surface area contributed by atoms with Gasteiger partial charge in [0.05, 0.1) is 6.54 Å². The van der Waals surface area contributed by atoms with Crippen LogP contribution in [0.2, 0.25) is 0 Å². The maximum atomic E-state index is 6.15. The van der Waals surface area contributed by atoms with Gasteiger partial charge in [-0.15, -0.1) is 0 Å². The van der Waals surface area contributed by atoms with E-state index in [1.54, 1.807) is 0 Å². The Bertz CT molecular complexity index is 566. The molecule has 2 nitrogen and oxygen atoms in total. The molecule has 0 radical (unpaired) electrons. The zero-order valence-electron chi connectivity index (χ0n) is 13.4. The molecule has 0 saturated carbocycles. The van der Waals surface area contributed by atoms with Crippen LogP contribution in [0.3, 0.4) is 0 Å². The van der Waals surface area contributed by atoms with E-state index < -0.39 is 0 Å². The van der Waals surface area contributed by atoms with Crippen LogP contribution in [-0.4, -0.2) is 6.54 Å². The molecular weight excluding hydrogens is 246 g/mol. The van der Waals surface area contributed by atoms with E-state index >= 15 is 0 Å². The van der Waals surface area contributed by atoms with Crippen LogP contribution in [0, 0.1) is 18.8 Å². The monoisotopic (exact) mass is 273 g/mol. The fourth-order valence-electron chi connectivity index (χ4n) is 2.61. The van der Waals surface area contributed by atoms with E-state index in [1.807, 2.05) is 0 Å². The van der Waals surface area contributed by atoms with E-state index in [0.29, 0.717) is 11.8 Å². The van der Waals surface area contributed by atoms with Crippen molar-refractivity contribution >= 4 is 11.0 Å². The highest BCUT2D eigenvalue weighted by Crippen LogP contribution is 2.30. The third kappa shape index (κ3) is 3.43. The number of aryl methyl sites for hydroxylation is 1. The lowest BCUT2D eigenvalue weighted by atomic mass is 9.99. The van der Waals surface area contributed by atoms with E-state index in [-0.39, 0.29) is 0 Å². The molecular formula is C18H27NO. The van der Waals surface area contributed by atoms with Crippen LogP contribution in [-0.2, 0) is 13.0 Å². The second kappa shape index (κ2) is 6.45. The van der Waals surface area contributed by atoms with Gasteiger partial charge in [0.25, 0.3) is 0 Å². The van der Waals surface area contributed by atoms with Gasteiger partial charge in [0.1, 0.15) is 11.3 Å². The molecule has 1 heterocycles. The van der Waals surface area contributed by atoms with Crippen LogP contribution in [0.15, 0.2) is 22.6 Å². The zero-order valence-corrected chi connectivity index (χ0v) is 13.4. The van der Waals surface area contributed by atoms with Crippen LogP contribution in [0.4, 0.5) is 0 Å². The van der Waals surface area contributed by atoms with Crippen molar-refractivity contribution in [3.63, 3.8) is 0 Å². The zero-order chi connectivity index (χ0) is 14.7. The van der Waals surface area contributed by atoms with Gasteiger partial charge in [-0.1, -0.05) is 45.9 Å². The highest BCUT2D eigenvalue weighted by molar-refractivity contribution is 5.84. The van der Waals surface area contributed by atoms with Crippen molar-refractivity contribution in [1.82, 2.24) is 5.32 Å². The fourth-order valence-corrected chi connectivity index (χ4v) is 2.61. The van der Waals surface area contributed by atoms with E-state index in [2.05, 4.69) is 58.1 Å². The SMILES string of the molecule is Cc1cccc2c(CC(C)C)c(CNCC(C)C)oc12. The Hall–Kier alpha value is -1.28. The fraction of sp³-hybridized carbons (Fsp3) is 0.556. The van der Waals surface area contributed by atoms with Crippen LogP contribution in [0.5, 0.6) is 0 Å². The minimum Gasteiger partial charge on any atom is -0.459 e. The lowest BCUT2D eigenvalue weighted by Crippen LogP contribution is -2.19. The maximum absolute atomic E-state index is 6.15. The van der Waals surface area contributed by atoms with Crippen LogP contribution in [0.1, 0.15) is 44.6 Å². The minimum absolute atomic E-state index is 0.639. The summed E-state index contributed by atoms with van der Waals surface area (Å²) in [5.41, 5.74) is 3.67. The molecule has 1 N–H and O–H groups in total. The Kier molecular flexibility index (Phi) is 4.87. The summed E-state index contributed by atoms with van der Waals surface area (Å²) >= 11 is 0. The molecule has 1 aromatic carbocycles. The minimum atomic E-state index is 0.639. The average Bonchev–Trinajstić information content (AvgIpc) is 2.69. The van der Waals surface area contributed by atoms with Crippen LogP contribution in [0.25, 0.3) is 11.0 Å². The van der Waals surface area contributed by atoms with Crippen molar-refractivity contribution in [2.75, 3.05) is 6.54 Å². The number of fused-ring (bicyclic) bond motifs is 1. The molecule has 0 aliphatic carbocycles. The molecule has 20 heavy (non-hydrogen) atoms. The van der Waals surface area contributed by atoms with Crippen molar-refractivity contribution in [3.8, 4) is 0 Å². The van der Waals surface area contributed by atoms with Crippen molar-refractivity contribution < 1.29 is 4.42 Å². The molecule has 0 spiro atoms. The molecule has 110 valence electrons. The van der Waals surface area contributed by atoms with Crippen molar-refractivity contribution in [3.05, 3.63) is 35.1 Å². The highest BCUT2D eigenvalue weighted by atomic mass is 16.3. The predicted molar refractivity (Wildman–Crippen MR) is 86.0 cm³/mol. The predicted octanol–water partition coefficient (Wildman–Crippen LogP) is 4.69. The Labute approximate surface area is 122 Å². The van der Waals surface area contributed by atoms with Gasteiger partial charge in [0.15, 0.2) is 0 Å². The molecule has 0 aliphatic rings. The van der Waals surface area contributed by atoms with Crippen molar-refractivity contribution in [2.45, 2.75) is 47.6 Å². The van der Waals surface area contributed by atoms with Crippen LogP contribution >= 0.6 is 0 Å². The molecule has 0 saturated heterocycles. The van der Waals surface area contributed by atoms with Gasteiger partial charge in [-0.3, -0.25) is 0 Å². The largest absolute Gasteiger partial charge is 0.459 e. The third-order valence-electron chi connectivity index (χ3n) is 3.55. The number of hydrogen-bond donors (Lipinski definition) is 1. The van der Waals surface area contributed by atoms with E-state index in [1.165, 1.54) is 16.5 Å². The Morgan fingerprint density at radius 2 is 1.85 bits per heavy atom. The maximum Gasteiger partial charge on any atom is 0.137 e. The van der Waals surface area contributed by atoms with Gasteiger partial charge in [-0.05, 0) is 37.3 Å². The van der Waals surface area contributed by atoms with Gasteiger partial charge in [-0.2, -0.15) is 0 Å². The number of para-hydroxylation sites is 1. The summed E-state index contributed by atoms with van der Waals surface area (Å²) < 4.78 is 6.15. The molecule has 0 amide bonds. The Balaban J connectivity index is 2.33. The molecule has 1 aromatic heterocycles. The molecule has 0 atom stereocenters. The smallest absolute Gasteiger partial charge is 0.137 e. The molecule has 2 rings (SSSR count). The first-order valence-electron chi connectivity index (χ1n) is 7.69. The molecule has 0 fully saturated rings. The number of hydrogen-bond acceptors (Lipinski definition) is 2. The first-order valence-corrected chi connectivity index (χ1v) is 7.69. The first kappa shape index (κ1) is 15.1. The number of benzene rings is 1. The Morgan fingerprint density at radius 1 is 1.10 bits per heavy atom. The molecule has 2 heteroatoms. The molecule has 0 bridgehead atoms. The summed E-state index contributed by atoms with van der Waals surface area (Å²) in [6.45, 7) is 13.0. The van der Waals surface area contributed by atoms with Gasteiger partial charge in [0.2, 0.25) is 0 Å². The third-order valence-corrected chi connectivity index (χ3v) is 3.55. The molecule has 2 aromatic rings. The quantitative estimate of drug-likeness (QED) is 0.826.